The van der Waals surface area contributed by atoms with Crippen molar-refractivity contribution < 1.29 is 9.53 Å². The second-order valence-electron chi connectivity index (χ2n) is 3.46. The smallest absolute Gasteiger partial charge is 0.140 e. The summed E-state index contributed by atoms with van der Waals surface area (Å²) in [6.07, 6.45) is 1.58. The second-order valence-corrected chi connectivity index (χ2v) is 3.46. The first-order valence-corrected chi connectivity index (χ1v) is 3.74. The van der Waals surface area contributed by atoms with Gasteiger partial charge in [0.2, 0.25) is 0 Å². The summed E-state index contributed by atoms with van der Waals surface area (Å²) in [7, 11) is 0. The molecular formula is C8H14O2. The van der Waals surface area contributed by atoms with E-state index in [1.165, 1.54) is 0 Å². The van der Waals surface area contributed by atoms with E-state index in [0.717, 1.165) is 13.0 Å². The predicted molar refractivity (Wildman–Crippen MR) is 38.8 cm³/mol. The third-order valence-corrected chi connectivity index (χ3v) is 1.91. The molecule has 0 spiro atoms. The van der Waals surface area contributed by atoms with Gasteiger partial charge in [-0.05, 0) is 6.42 Å². The van der Waals surface area contributed by atoms with Gasteiger partial charge >= 0.3 is 0 Å². The maximum absolute atomic E-state index is 11.3. The van der Waals surface area contributed by atoms with Gasteiger partial charge in [-0.25, -0.2) is 0 Å². The molecule has 10 heavy (non-hydrogen) atoms. The largest absolute Gasteiger partial charge is 0.380 e. The lowest BCUT2D eigenvalue weighted by atomic mass is 9.87. The van der Waals surface area contributed by atoms with Gasteiger partial charge in [0.25, 0.3) is 0 Å². The fourth-order valence-corrected chi connectivity index (χ4v) is 1.08. The van der Waals surface area contributed by atoms with Crippen LogP contribution in [-0.4, -0.2) is 19.0 Å². The first-order valence-electron chi connectivity index (χ1n) is 3.74. The third kappa shape index (κ3) is 1.57. The lowest BCUT2D eigenvalue weighted by Gasteiger charge is -2.18. The Morgan fingerprint density at radius 1 is 1.50 bits per heavy atom. The number of ether oxygens (including phenoxy) is 1. The highest BCUT2D eigenvalue weighted by molar-refractivity contribution is 5.84. The Balaban J connectivity index is 2.61. The summed E-state index contributed by atoms with van der Waals surface area (Å²) < 4.78 is 5.26. The van der Waals surface area contributed by atoms with Gasteiger partial charge in [-0.15, -0.1) is 0 Å². The number of rotatable bonds is 0. The molecule has 0 unspecified atom stereocenters. The molecule has 0 amide bonds. The number of hydrogen-bond donors (Lipinski definition) is 0. The normalized spacial score (nSPS) is 26.0. The number of hydrogen-bond acceptors (Lipinski definition) is 2. The SMILES string of the molecule is CC1(C)COCCCC1=O. The van der Waals surface area contributed by atoms with E-state index in [2.05, 4.69) is 0 Å². The molecule has 1 aliphatic rings. The molecule has 0 N–H and O–H groups in total. The van der Waals surface area contributed by atoms with E-state index in [4.69, 9.17) is 4.74 Å². The average Bonchev–Trinajstić information content (AvgIpc) is 1.96. The Morgan fingerprint density at radius 3 is 2.90 bits per heavy atom. The van der Waals surface area contributed by atoms with Crippen LogP contribution in [-0.2, 0) is 9.53 Å². The van der Waals surface area contributed by atoms with Crippen molar-refractivity contribution >= 4 is 5.78 Å². The van der Waals surface area contributed by atoms with E-state index in [-0.39, 0.29) is 5.41 Å². The summed E-state index contributed by atoms with van der Waals surface area (Å²) in [5.74, 6) is 0.338. The van der Waals surface area contributed by atoms with Gasteiger partial charge in [0.05, 0.1) is 6.61 Å². The fraction of sp³-hybridized carbons (Fsp3) is 0.875. The summed E-state index contributed by atoms with van der Waals surface area (Å²) in [5, 5.41) is 0. The number of ketones is 1. The van der Waals surface area contributed by atoms with Crippen LogP contribution in [0, 0.1) is 5.41 Å². The quantitative estimate of drug-likeness (QED) is 0.511. The van der Waals surface area contributed by atoms with E-state index in [1.54, 1.807) is 0 Å². The Kier molecular flexibility index (Phi) is 2.09. The van der Waals surface area contributed by atoms with Crippen molar-refractivity contribution in [1.29, 1.82) is 0 Å². The summed E-state index contributed by atoms with van der Waals surface area (Å²) in [4.78, 5) is 11.3. The standard InChI is InChI=1S/C8H14O2/c1-8(2)6-10-5-3-4-7(8)9/h3-6H2,1-2H3. The minimum absolute atomic E-state index is 0.240. The highest BCUT2D eigenvalue weighted by Crippen LogP contribution is 2.22. The second kappa shape index (κ2) is 2.70. The molecule has 0 aromatic carbocycles. The van der Waals surface area contributed by atoms with Crippen molar-refractivity contribution in [1.82, 2.24) is 0 Å². The molecule has 58 valence electrons. The molecule has 0 saturated carbocycles. The first kappa shape index (κ1) is 7.73. The zero-order chi connectivity index (χ0) is 7.61. The molecule has 2 nitrogen and oxygen atoms in total. The minimum Gasteiger partial charge on any atom is -0.380 e. The van der Waals surface area contributed by atoms with Gasteiger partial charge in [0.15, 0.2) is 0 Å². The number of Topliss-reactive ketones (excluding diaryl/α,β-unsaturated/α-hetero) is 1. The van der Waals surface area contributed by atoms with E-state index < -0.39 is 0 Å². The maximum atomic E-state index is 11.3. The molecule has 0 bridgehead atoms. The van der Waals surface area contributed by atoms with Crippen LogP contribution in [0.15, 0.2) is 0 Å². The van der Waals surface area contributed by atoms with E-state index in [9.17, 15) is 4.79 Å². The molecule has 0 atom stereocenters. The molecule has 0 aromatic heterocycles. The Bertz CT molecular complexity index is 138. The Morgan fingerprint density at radius 2 is 2.20 bits per heavy atom. The Hall–Kier alpha value is -0.370. The third-order valence-electron chi connectivity index (χ3n) is 1.91. The van der Waals surface area contributed by atoms with Crippen molar-refractivity contribution in [2.24, 2.45) is 5.41 Å². The first-order chi connectivity index (χ1) is 4.63. The molecule has 0 radical (unpaired) electrons. The van der Waals surface area contributed by atoms with Crippen molar-refractivity contribution in [2.45, 2.75) is 26.7 Å². The maximum Gasteiger partial charge on any atom is 0.140 e. The molecule has 1 aliphatic heterocycles. The molecule has 2 heteroatoms. The van der Waals surface area contributed by atoms with Crippen LogP contribution in [0.2, 0.25) is 0 Å². The van der Waals surface area contributed by atoms with Crippen molar-refractivity contribution in [3.8, 4) is 0 Å². The van der Waals surface area contributed by atoms with Crippen LogP contribution in [0.1, 0.15) is 26.7 Å². The van der Waals surface area contributed by atoms with Gasteiger partial charge in [-0.3, -0.25) is 4.79 Å². The van der Waals surface area contributed by atoms with Crippen molar-refractivity contribution in [3.05, 3.63) is 0 Å². The summed E-state index contributed by atoms with van der Waals surface area (Å²) in [6.45, 7) is 5.22. The average molecular weight is 142 g/mol. The van der Waals surface area contributed by atoms with Crippen LogP contribution >= 0.6 is 0 Å². The van der Waals surface area contributed by atoms with Gasteiger partial charge in [0.1, 0.15) is 5.78 Å². The highest BCUT2D eigenvalue weighted by Gasteiger charge is 2.28. The van der Waals surface area contributed by atoms with Crippen molar-refractivity contribution in [2.75, 3.05) is 13.2 Å². The lowest BCUT2D eigenvalue weighted by Crippen LogP contribution is -2.26. The summed E-state index contributed by atoms with van der Waals surface area (Å²) >= 11 is 0. The van der Waals surface area contributed by atoms with Crippen LogP contribution in [0.4, 0.5) is 0 Å². The zero-order valence-corrected chi connectivity index (χ0v) is 6.64. The van der Waals surface area contributed by atoms with Crippen LogP contribution in [0.25, 0.3) is 0 Å². The highest BCUT2D eigenvalue weighted by atomic mass is 16.5. The lowest BCUT2D eigenvalue weighted by molar-refractivity contribution is -0.128. The van der Waals surface area contributed by atoms with E-state index in [1.807, 2.05) is 13.8 Å². The van der Waals surface area contributed by atoms with Gasteiger partial charge in [0, 0.05) is 18.4 Å². The topological polar surface area (TPSA) is 26.3 Å². The summed E-state index contributed by atoms with van der Waals surface area (Å²) in [5.41, 5.74) is -0.240. The monoisotopic (exact) mass is 142 g/mol. The molecular weight excluding hydrogens is 128 g/mol. The predicted octanol–water partition coefficient (Wildman–Crippen LogP) is 1.39. The fourth-order valence-electron chi connectivity index (χ4n) is 1.08. The number of carbonyl (C=O) groups excluding carboxylic acids is 1. The van der Waals surface area contributed by atoms with Gasteiger partial charge < -0.3 is 4.74 Å². The molecule has 1 rings (SSSR count). The van der Waals surface area contributed by atoms with Crippen LogP contribution in [0.3, 0.4) is 0 Å². The molecule has 1 saturated heterocycles. The Labute approximate surface area is 61.6 Å². The summed E-state index contributed by atoms with van der Waals surface area (Å²) in [6, 6.07) is 0. The van der Waals surface area contributed by atoms with Crippen LogP contribution < -0.4 is 0 Å². The molecule has 0 aromatic rings. The van der Waals surface area contributed by atoms with Gasteiger partial charge in [-0.1, -0.05) is 13.8 Å². The zero-order valence-electron chi connectivity index (χ0n) is 6.64. The minimum atomic E-state index is -0.240. The van der Waals surface area contributed by atoms with Crippen molar-refractivity contribution in [3.63, 3.8) is 0 Å². The van der Waals surface area contributed by atoms with E-state index in [0.29, 0.717) is 18.8 Å². The van der Waals surface area contributed by atoms with E-state index >= 15 is 0 Å². The van der Waals surface area contributed by atoms with Gasteiger partial charge in [-0.2, -0.15) is 0 Å². The molecule has 1 heterocycles. The molecule has 1 fully saturated rings. The molecule has 0 aliphatic carbocycles. The van der Waals surface area contributed by atoms with Crippen LogP contribution in [0.5, 0.6) is 0 Å². The number of carbonyl (C=O) groups is 1.